The van der Waals surface area contributed by atoms with Crippen molar-refractivity contribution >= 4 is 50.7 Å². The van der Waals surface area contributed by atoms with Gasteiger partial charge in [0.15, 0.2) is 0 Å². The Kier molecular flexibility index (Phi) is 11.5. The molecule has 1 N–H and O–H groups in total. The molecule has 2 amide bonds. The number of anilines is 1. The fourth-order valence-electron chi connectivity index (χ4n) is 4.37. The zero-order chi connectivity index (χ0) is 30.2. The van der Waals surface area contributed by atoms with E-state index in [0.717, 1.165) is 9.87 Å². The number of carbonyl (C=O) groups is 2. The largest absolute Gasteiger partial charge is 0.495 e. The van der Waals surface area contributed by atoms with Crippen molar-refractivity contribution in [2.24, 2.45) is 0 Å². The van der Waals surface area contributed by atoms with Crippen LogP contribution in [0.3, 0.4) is 0 Å². The lowest BCUT2D eigenvalue weighted by atomic mass is 10.1. The molecule has 1 atom stereocenters. The van der Waals surface area contributed by atoms with Crippen LogP contribution in [0.4, 0.5) is 5.69 Å². The third-order valence-electron chi connectivity index (χ3n) is 6.54. The summed E-state index contributed by atoms with van der Waals surface area (Å²) in [5, 5.41) is 3.50. The molecule has 0 bridgehead atoms. The maximum Gasteiger partial charge on any atom is 0.264 e. The van der Waals surface area contributed by atoms with E-state index in [1.165, 1.54) is 24.1 Å². The van der Waals surface area contributed by atoms with Crippen molar-refractivity contribution in [3.63, 3.8) is 0 Å². The van der Waals surface area contributed by atoms with Gasteiger partial charge in [0, 0.05) is 28.7 Å². The highest BCUT2D eigenvalue weighted by Gasteiger charge is 2.35. The Morgan fingerprint density at radius 2 is 1.63 bits per heavy atom. The van der Waals surface area contributed by atoms with Gasteiger partial charge in [-0.15, -0.1) is 0 Å². The first-order chi connectivity index (χ1) is 19.5. The second-order valence-corrected chi connectivity index (χ2v) is 12.1. The molecule has 0 saturated carbocycles. The molecule has 3 aromatic carbocycles. The zero-order valence-corrected chi connectivity index (χ0v) is 25.9. The molecule has 0 heterocycles. The number of amides is 2. The predicted octanol–water partition coefficient (Wildman–Crippen LogP) is 5.84. The number of halogens is 2. The smallest absolute Gasteiger partial charge is 0.264 e. The van der Waals surface area contributed by atoms with Crippen LogP contribution in [0, 0.1) is 6.92 Å². The molecule has 0 aliphatic carbocycles. The molecule has 41 heavy (non-hydrogen) atoms. The van der Waals surface area contributed by atoms with Gasteiger partial charge in [-0.3, -0.25) is 13.9 Å². The predicted molar refractivity (Wildman–Crippen MR) is 163 cm³/mol. The first-order valence-corrected chi connectivity index (χ1v) is 15.5. The third kappa shape index (κ3) is 7.72. The summed E-state index contributed by atoms with van der Waals surface area (Å²) in [6.45, 7) is 5.26. The highest BCUT2D eigenvalue weighted by Crippen LogP contribution is 2.34. The van der Waals surface area contributed by atoms with Crippen molar-refractivity contribution in [1.29, 1.82) is 0 Å². The number of ether oxygens (including phenoxy) is 1. The molecule has 220 valence electrons. The standard InChI is InChI=1S/C30H35Cl2N3O5S/c1-5-17-33-30(37)26(6-2)34(19-23-24(31)13-10-14-25(23)32)29(36)20-35(27-18-21(3)15-16-28(27)40-4)41(38,39)22-11-8-7-9-12-22/h7-16,18,26H,5-6,17,19-20H2,1-4H3,(H,33,37). The molecule has 0 spiro atoms. The van der Waals surface area contributed by atoms with Crippen molar-refractivity contribution in [3.8, 4) is 5.75 Å². The lowest BCUT2D eigenvalue weighted by molar-refractivity contribution is -0.140. The Morgan fingerprint density at radius 3 is 2.22 bits per heavy atom. The van der Waals surface area contributed by atoms with Gasteiger partial charge in [-0.25, -0.2) is 8.42 Å². The maximum atomic E-state index is 14.2. The van der Waals surface area contributed by atoms with E-state index in [0.29, 0.717) is 28.6 Å². The van der Waals surface area contributed by atoms with Gasteiger partial charge < -0.3 is 15.0 Å². The highest BCUT2D eigenvalue weighted by molar-refractivity contribution is 7.92. The van der Waals surface area contributed by atoms with Crippen molar-refractivity contribution in [2.75, 3.05) is 24.5 Å². The minimum Gasteiger partial charge on any atom is -0.495 e. The molecule has 1 unspecified atom stereocenters. The van der Waals surface area contributed by atoms with E-state index in [1.807, 2.05) is 13.8 Å². The molecule has 0 saturated heterocycles. The van der Waals surface area contributed by atoms with Gasteiger partial charge in [0.2, 0.25) is 11.8 Å². The van der Waals surface area contributed by atoms with E-state index in [4.69, 9.17) is 27.9 Å². The second kappa shape index (κ2) is 14.6. The zero-order valence-electron chi connectivity index (χ0n) is 23.6. The summed E-state index contributed by atoms with van der Waals surface area (Å²) in [5.74, 6) is -0.685. The molecule has 11 heteroatoms. The first-order valence-electron chi connectivity index (χ1n) is 13.3. The molecular weight excluding hydrogens is 585 g/mol. The van der Waals surface area contributed by atoms with E-state index < -0.39 is 28.5 Å². The normalized spacial score (nSPS) is 12.0. The number of benzene rings is 3. The van der Waals surface area contributed by atoms with Crippen molar-refractivity contribution in [2.45, 2.75) is 51.1 Å². The van der Waals surface area contributed by atoms with Gasteiger partial charge in [0.05, 0.1) is 17.7 Å². The van der Waals surface area contributed by atoms with Crippen LogP contribution in [0.1, 0.15) is 37.8 Å². The molecule has 0 fully saturated rings. The lowest BCUT2D eigenvalue weighted by Gasteiger charge is -2.34. The van der Waals surface area contributed by atoms with Crippen molar-refractivity contribution in [1.82, 2.24) is 10.2 Å². The Hall–Kier alpha value is -3.27. The number of nitrogens with zero attached hydrogens (tertiary/aromatic N) is 2. The number of methoxy groups -OCH3 is 1. The fraction of sp³-hybridized carbons (Fsp3) is 0.333. The van der Waals surface area contributed by atoms with Crippen LogP contribution in [0.25, 0.3) is 0 Å². The van der Waals surface area contributed by atoms with Gasteiger partial charge in [-0.05, 0) is 61.7 Å². The maximum absolute atomic E-state index is 14.2. The summed E-state index contributed by atoms with van der Waals surface area (Å²) >= 11 is 12.9. The summed E-state index contributed by atoms with van der Waals surface area (Å²) < 4.78 is 34.6. The van der Waals surface area contributed by atoms with Crippen LogP contribution in [0.5, 0.6) is 5.75 Å². The number of carbonyl (C=O) groups excluding carboxylic acids is 2. The molecule has 8 nitrogen and oxygen atoms in total. The second-order valence-electron chi connectivity index (χ2n) is 9.44. The Morgan fingerprint density at radius 1 is 0.976 bits per heavy atom. The summed E-state index contributed by atoms with van der Waals surface area (Å²) in [5.41, 5.74) is 1.42. The van der Waals surface area contributed by atoms with Crippen LogP contribution in [-0.4, -0.2) is 51.4 Å². The summed E-state index contributed by atoms with van der Waals surface area (Å²) in [4.78, 5) is 28.8. The van der Waals surface area contributed by atoms with E-state index in [9.17, 15) is 18.0 Å². The Labute approximate surface area is 252 Å². The summed E-state index contributed by atoms with van der Waals surface area (Å²) in [6.07, 6.45) is 0.991. The number of hydrogen-bond donors (Lipinski definition) is 1. The van der Waals surface area contributed by atoms with Gasteiger partial charge in [-0.2, -0.15) is 0 Å². The molecule has 3 aromatic rings. The monoisotopic (exact) mass is 619 g/mol. The minimum absolute atomic E-state index is 0.00443. The fourth-order valence-corrected chi connectivity index (χ4v) is 6.32. The topological polar surface area (TPSA) is 96.0 Å². The average molecular weight is 621 g/mol. The Bertz CT molecular complexity index is 1450. The van der Waals surface area contributed by atoms with Crippen molar-refractivity contribution < 1.29 is 22.7 Å². The third-order valence-corrected chi connectivity index (χ3v) is 9.02. The van der Waals surface area contributed by atoms with Crippen LogP contribution in [0.2, 0.25) is 10.0 Å². The number of hydrogen-bond acceptors (Lipinski definition) is 5. The molecule has 0 aliphatic rings. The molecule has 0 aliphatic heterocycles. The number of nitrogens with one attached hydrogen (secondary N) is 1. The number of aryl methyl sites for hydroxylation is 1. The van der Waals surface area contributed by atoms with E-state index in [-0.39, 0.29) is 35.2 Å². The first kappa shape index (κ1) is 32.2. The van der Waals surface area contributed by atoms with Crippen LogP contribution in [-0.2, 0) is 26.2 Å². The minimum atomic E-state index is -4.23. The number of sulfonamides is 1. The summed E-state index contributed by atoms with van der Waals surface area (Å²) in [6, 6.07) is 17.0. The lowest BCUT2D eigenvalue weighted by Crippen LogP contribution is -2.52. The van der Waals surface area contributed by atoms with Gasteiger partial charge in [0.25, 0.3) is 10.0 Å². The van der Waals surface area contributed by atoms with E-state index >= 15 is 0 Å². The van der Waals surface area contributed by atoms with Crippen LogP contribution < -0.4 is 14.4 Å². The SMILES string of the molecule is CCCNC(=O)C(CC)N(Cc1c(Cl)cccc1Cl)C(=O)CN(c1cc(C)ccc1OC)S(=O)(=O)c1ccccc1. The average Bonchev–Trinajstić information content (AvgIpc) is 2.96. The number of rotatable bonds is 13. The quantitative estimate of drug-likeness (QED) is 0.259. The molecular formula is C30H35Cl2N3O5S. The van der Waals surface area contributed by atoms with Crippen LogP contribution >= 0.6 is 23.2 Å². The molecule has 0 radical (unpaired) electrons. The van der Waals surface area contributed by atoms with E-state index in [2.05, 4.69) is 5.32 Å². The van der Waals surface area contributed by atoms with Gasteiger partial charge >= 0.3 is 0 Å². The molecule has 0 aromatic heterocycles. The van der Waals surface area contributed by atoms with E-state index in [1.54, 1.807) is 61.5 Å². The Balaban J connectivity index is 2.15. The highest BCUT2D eigenvalue weighted by atomic mass is 35.5. The van der Waals surface area contributed by atoms with Crippen molar-refractivity contribution in [3.05, 3.63) is 87.9 Å². The van der Waals surface area contributed by atoms with Gasteiger partial charge in [0.1, 0.15) is 18.3 Å². The summed E-state index contributed by atoms with van der Waals surface area (Å²) in [7, 11) is -2.80. The van der Waals surface area contributed by atoms with Crippen LogP contribution in [0.15, 0.2) is 71.6 Å². The van der Waals surface area contributed by atoms with Gasteiger partial charge in [-0.1, -0.05) is 67.4 Å². The molecule has 3 rings (SSSR count).